The second kappa shape index (κ2) is 14.2. The zero-order chi connectivity index (χ0) is 33.0. The van der Waals surface area contributed by atoms with E-state index in [1.165, 1.54) is 7.11 Å². The Balaban J connectivity index is 1.32. The summed E-state index contributed by atoms with van der Waals surface area (Å²) in [4.78, 5) is 51.8. The van der Waals surface area contributed by atoms with Gasteiger partial charge in [0.15, 0.2) is 18.1 Å². The smallest absolute Gasteiger partial charge is 0.330 e. The van der Waals surface area contributed by atoms with Crippen molar-refractivity contribution in [3.8, 4) is 0 Å². The van der Waals surface area contributed by atoms with Gasteiger partial charge in [0, 0.05) is 31.8 Å². The van der Waals surface area contributed by atoms with E-state index in [4.69, 9.17) is 24.7 Å². The van der Waals surface area contributed by atoms with Crippen LogP contribution in [-0.4, -0.2) is 93.3 Å². The first-order chi connectivity index (χ1) is 22.1. The van der Waals surface area contributed by atoms with E-state index in [0.29, 0.717) is 0 Å². The first kappa shape index (κ1) is 32.7. The van der Waals surface area contributed by atoms with Crippen molar-refractivity contribution in [2.75, 3.05) is 13.7 Å². The Kier molecular flexibility index (Phi) is 10.1. The number of aromatic amines is 1. The van der Waals surface area contributed by atoms with Crippen molar-refractivity contribution >= 4 is 11.8 Å². The predicted molar refractivity (Wildman–Crippen MR) is 159 cm³/mol. The van der Waals surface area contributed by atoms with Crippen LogP contribution >= 0.6 is 0 Å². The number of amides is 2. The maximum Gasteiger partial charge on any atom is 0.330 e. The summed E-state index contributed by atoms with van der Waals surface area (Å²) in [5, 5.41) is 34.9. The van der Waals surface area contributed by atoms with Crippen LogP contribution < -0.4 is 22.3 Å². The van der Waals surface area contributed by atoms with Gasteiger partial charge in [-0.25, -0.2) is 4.79 Å². The Labute approximate surface area is 261 Å². The molecule has 7 N–H and O–H groups in total. The lowest BCUT2D eigenvalue weighted by Crippen LogP contribution is -2.54. The van der Waals surface area contributed by atoms with E-state index in [-0.39, 0.29) is 18.2 Å². The normalized spacial score (nSPS) is 26.6. The fraction of sp³-hybridized carbons (Fsp3) is 0.355. The lowest BCUT2D eigenvalue weighted by atomic mass is 9.91. The molecule has 1 saturated heterocycles. The highest BCUT2D eigenvalue weighted by Crippen LogP contribution is 2.34. The monoisotopic (exact) mass is 638 g/mol. The van der Waals surface area contributed by atoms with Crippen molar-refractivity contribution in [3.63, 3.8) is 0 Å². The number of rotatable bonds is 11. The molecule has 0 bridgehead atoms. The maximum absolute atomic E-state index is 13.3. The van der Waals surface area contributed by atoms with Crippen LogP contribution in [0.3, 0.4) is 0 Å². The van der Waals surface area contributed by atoms with Crippen LogP contribution in [0, 0.1) is 0 Å². The molecule has 0 radical (unpaired) electrons. The van der Waals surface area contributed by atoms with Crippen molar-refractivity contribution < 1.29 is 43.9 Å². The summed E-state index contributed by atoms with van der Waals surface area (Å²) < 4.78 is 23.3. The molecule has 2 aromatic carbocycles. The van der Waals surface area contributed by atoms with Crippen molar-refractivity contribution in [1.29, 1.82) is 0 Å². The summed E-state index contributed by atoms with van der Waals surface area (Å²) in [5.74, 6) is -2.48. The average molecular weight is 639 g/mol. The zero-order valence-corrected chi connectivity index (χ0v) is 24.5. The number of carbonyl (C=O) groups is 2. The molecule has 0 saturated carbocycles. The number of primary amides is 1. The minimum Gasteiger partial charge on any atom is -0.456 e. The molecule has 0 aliphatic carbocycles. The highest BCUT2D eigenvalue weighted by molar-refractivity contribution is 5.91. The summed E-state index contributed by atoms with van der Waals surface area (Å²) in [7, 11) is 1.21. The van der Waals surface area contributed by atoms with Crippen LogP contribution in [0.2, 0.25) is 0 Å². The molecule has 46 heavy (non-hydrogen) atoms. The van der Waals surface area contributed by atoms with E-state index in [2.05, 4.69) is 5.32 Å². The number of nitrogens with one attached hydrogen (secondary N) is 2. The lowest BCUT2D eigenvalue weighted by molar-refractivity contribution is -0.241. The predicted octanol–water partition coefficient (Wildman–Crippen LogP) is -1.41. The van der Waals surface area contributed by atoms with Gasteiger partial charge >= 0.3 is 5.69 Å². The molecular weight excluding hydrogens is 604 g/mol. The Hall–Kier alpha value is -4.64. The molecule has 15 heteroatoms. The minimum absolute atomic E-state index is 0.149. The van der Waals surface area contributed by atoms with Crippen LogP contribution in [0.15, 0.2) is 94.4 Å². The number of carbonyl (C=O) groups excluding carboxylic acids is 2. The number of aromatic nitrogens is 2. The Morgan fingerprint density at radius 1 is 1.00 bits per heavy atom. The number of ether oxygens (including phenoxy) is 4. The average Bonchev–Trinajstić information content (AvgIpc) is 3.37. The quantitative estimate of drug-likeness (QED) is 0.143. The summed E-state index contributed by atoms with van der Waals surface area (Å²) in [6, 6.07) is 20.1. The fourth-order valence-corrected chi connectivity index (χ4v) is 5.47. The number of aliphatic hydroxyl groups is 3. The summed E-state index contributed by atoms with van der Waals surface area (Å²) in [5.41, 5.74) is 5.91. The molecule has 3 aromatic rings. The second-order valence-electron chi connectivity index (χ2n) is 10.7. The molecule has 3 heterocycles. The van der Waals surface area contributed by atoms with Crippen LogP contribution in [0.1, 0.15) is 23.3 Å². The maximum atomic E-state index is 13.3. The molecule has 244 valence electrons. The van der Waals surface area contributed by atoms with Crippen LogP contribution in [-0.2, 0) is 28.5 Å². The first-order valence-corrected chi connectivity index (χ1v) is 14.3. The van der Waals surface area contributed by atoms with Crippen molar-refractivity contribution in [3.05, 3.63) is 117 Å². The largest absolute Gasteiger partial charge is 0.456 e. The van der Waals surface area contributed by atoms with Gasteiger partial charge in [0.25, 0.3) is 11.5 Å². The van der Waals surface area contributed by atoms with Crippen LogP contribution in [0.5, 0.6) is 0 Å². The molecule has 1 fully saturated rings. The fourth-order valence-electron chi connectivity index (χ4n) is 5.47. The number of H-pyrrole nitrogens is 1. The highest BCUT2D eigenvalue weighted by Gasteiger charge is 2.52. The minimum atomic E-state index is -1.80. The van der Waals surface area contributed by atoms with Gasteiger partial charge in [-0.3, -0.25) is 23.9 Å². The van der Waals surface area contributed by atoms with Gasteiger partial charge in [-0.2, -0.15) is 0 Å². The van der Waals surface area contributed by atoms with E-state index in [0.717, 1.165) is 34.0 Å². The standard InChI is InChI=1S/C31H34N4O11/c1-43-24-23(39)29(35-13-12-21(37)34-31(35)42)45-25(24)26(27(32)40)46-30-22(38)19(36)14-20(44-30)28(41)33-15-18(16-8-4-2-5-9-16)17-10-6-3-7-11-17/h2-14,18-19,22-26,29-30,36,38-39H,15H2,1H3,(H2,32,40)(H,33,41)(H,34,37,42)/t19-,22-,23+,24-,25-,26+,29+,30+/m0/s1. The zero-order valence-electron chi connectivity index (χ0n) is 24.5. The molecule has 8 atom stereocenters. The van der Waals surface area contributed by atoms with E-state index >= 15 is 0 Å². The third-order valence-corrected chi connectivity index (χ3v) is 7.79. The Morgan fingerprint density at radius 2 is 1.63 bits per heavy atom. The van der Waals surface area contributed by atoms with Gasteiger partial charge in [-0.15, -0.1) is 0 Å². The van der Waals surface area contributed by atoms with E-state index in [9.17, 15) is 34.5 Å². The summed E-state index contributed by atoms with van der Waals surface area (Å²) in [6.07, 6.45) is -10.6. The highest BCUT2D eigenvalue weighted by atomic mass is 16.7. The molecule has 5 rings (SSSR count). The molecule has 0 unspecified atom stereocenters. The van der Waals surface area contributed by atoms with Gasteiger partial charge in [0.1, 0.15) is 30.5 Å². The number of aliphatic hydroxyl groups excluding tert-OH is 3. The number of nitrogens with two attached hydrogens (primary N) is 1. The van der Waals surface area contributed by atoms with Crippen molar-refractivity contribution in [1.82, 2.24) is 14.9 Å². The van der Waals surface area contributed by atoms with E-state index in [1.807, 2.05) is 65.6 Å². The van der Waals surface area contributed by atoms with Gasteiger partial charge in [0.05, 0.1) is 0 Å². The van der Waals surface area contributed by atoms with Gasteiger partial charge in [-0.1, -0.05) is 60.7 Å². The third-order valence-electron chi connectivity index (χ3n) is 7.79. The number of methoxy groups -OCH3 is 1. The number of hydrogen-bond donors (Lipinski definition) is 6. The Morgan fingerprint density at radius 3 is 2.20 bits per heavy atom. The van der Waals surface area contributed by atoms with Crippen molar-refractivity contribution in [2.45, 2.75) is 55.1 Å². The molecule has 2 amide bonds. The molecule has 2 aliphatic heterocycles. The van der Waals surface area contributed by atoms with Crippen molar-refractivity contribution in [2.24, 2.45) is 5.73 Å². The van der Waals surface area contributed by atoms with E-state index in [1.54, 1.807) is 0 Å². The molecule has 15 nitrogen and oxygen atoms in total. The number of nitrogens with zero attached hydrogens (tertiary/aromatic N) is 1. The number of hydrogen-bond acceptors (Lipinski definition) is 11. The molecule has 1 aromatic heterocycles. The summed E-state index contributed by atoms with van der Waals surface area (Å²) in [6.45, 7) is 0.149. The van der Waals surface area contributed by atoms with Crippen LogP contribution in [0.25, 0.3) is 0 Å². The van der Waals surface area contributed by atoms with Gasteiger partial charge < -0.3 is 45.3 Å². The van der Waals surface area contributed by atoms with Gasteiger partial charge in [0.2, 0.25) is 12.2 Å². The lowest BCUT2D eigenvalue weighted by Gasteiger charge is -2.35. The SMILES string of the molecule is CO[C@H]1[C@@H](O)[C@H](n2ccc(=O)[nH]c2=O)O[C@@H]1[C@@H](O[C@H]1OC(C(=O)NCC(c2ccccc2)c2ccccc2)=C[C@H](O)[C@@H]1O)C(N)=O. The third kappa shape index (κ3) is 6.94. The van der Waals surface area contributed by atoms with E-state index < -0.39 is 72.2 Å². The number of benzene rings is 2. The van der Waals surface area contributed by atoms with Gasteiger partial charge in [-0.05, 0) is 17.2 Å². The molecule has 2 aliphatic rings. The second-order valence-corrected chi connectivity index (χ2v) is 10.7. The van der Waals surface area contributed by atoms with Crippen LogP contribution in [0.4, 0.5) is 0 Å². The topological polar surface area (TPSA) is 225 Å². The summed E-state index contributed by atoms with van der Waals surface area (Å²) >= 11 is 0. The molecular formula is C31H34N4O11. The Bertz CT molecular complexity index is 1620. The molecule has 0 spiro atoms. The first-order valence-electron chi connectivity index (χ1n) is 14.3.